The van der Waals surface area contributed by atoms with E-state index in [1.165, 1.54) is 6.08 Å². The number of Topliss-reactive ketones (excluding diaryl/α,β-unsaturated/α-hetero) is 1. The number of methoxy groups -OCH3 is 1. The monoisotopic (exact) mass is 306 g/mol. The van der Waals surface area contributed by atoms with Crippen molar-refractivity contribution in [1.82, 2.24) is 0 Å². The fraction of sp³-hybridized carbons (Fsp3) is 0.312. The van der Waals surface area contributed by atoms with E-state index in [2.05, 4.69) is 11.3 Å². The summed E-state index contributed by atoms with van der Waals surface area (Å²) >= 11 is 0. The Balaban J connectivity index is 2.29. The van der Waals surface area contributed by atoms with Gasteiger partial charge in [0.15, 0.2) is 0 Å². The van der Waals surface area contributed by atoms with Gasteiger partial charge in [-0.15, -0.1) is 0 Å². The first kappa shape index (κ1) is 17.4. The van der Waals surface area contributed by atoms with Crippen LogP contribution in [-0.2, 0) is 30.5 Å². The molecule has 0 spiro atoms. The Morgan fingerprint density at radius 3 is 2.36 bits per heavy atom. The zero-order chi connectivity index (χ0) is 16.4. The first-order chi connectivity index (χ1) is 10.6. The molecule has 0 fully saturated rings. The lowest BCUT2D eigenvalue weighted by atomic mass is 10.2. The van der Waals surface area contributed by atoms with Crippen molar-refractivity contribution in [2.45, 2.75) is 19.4 Å². The summed E-state index contributed by atoms with van der Waals surface area (Å²) in [7, 11) is 1.56. The molecular weight excluding hydrogens is 288 g/mol. The Hall–Kier alpha value is -2.63. The van der Waals surface area contributed by atoms with Crippen LogP contribution in [0.5, 0.6) is 5.75 Å². The molecule has 0 atom stereocenters. The molecule has 0 aromatic heterocycles. The largest absolute Gasteiger partial charge is 0.497 e. The highest BCUT2D eigenvalue weighted by Gasteiger charge is 2.17. The third-order valence-electron chi connectivity index (χ3n) is 2.68. The van der Waals surface area contributed by atoms with Crippen LogP contribution in [0.1, 0.15) is 18.4 Å². The fourth-order valence-electron chi connectivity index (χ4n) is 1.49. The van der Waals surface area contributed by atoms with Crippen molar-refractivity contribution >= 4 is 17.7 Å². The molecule has 6 heteroatoms. The predicted octanol–water partition coefficient (Wildman–Crippen LogP) is 1.82. The highest BCUT2D eigenvalue weighted by atomic mass is 16.5. The summed E-state index contributed by atoms with van der Waals surface area (Å²) in [5, 5.41) is 0. The van der Waals surface area contributed by atoms with Crippen molar-refractivity contribution in [2.24, 2.45) is 0 Å². The lowest BCUT2D eigenvalue weighted by Crippen LogP contribution is -2.19. The SMILES string of the molecule is C=CCOC(=O)C(=O)CCC(=O)OCc1ccc(OC)cc1. The van der Waals surface area contributed by atoms with Crippen LogP contribution in [0.15, 0.2) is 36.9 Å². The molecule has 0 saturated carbocycles. The van der Waals surface area contributed by atoms with E-state index < -0.39 is 17.7 Å². The van der Waals surface area contributed by atoms with Crippen LogP contribution in [0.25, 0.3) is 0 Å². The van der Waals surface area contributed by atoms with Gasteiger partial charge in [-0.25, -0.2) is 4.79 Å². The van der Waals surface area contributed by atoms with Gasteiger partial charge >= 0.3 is 11.9 Å². The molecule has 0 unspecified atom stereocenters. The van der Waals surface area contributed by atoms with E-state index in [4.69, 9.17) is 9.47 Å². The third kappa shape index (κ3) is 6.21. The summed E-state index contributed by atoms with van der Waals surface area (Å²) in [6.07, 6.45) is 0.948. The number of ether oxygens (including phenoxy) is 3. The van der Waals surface area contributed by atoms with Gasteiger partial charge in [0.05, 0.1) is 13.5 Å². The second-order valence-electron chi connectivity index (χ2n) is 4.32. The molecule has 0 radical (unpaired) electrons. The maximum Gasteiger partial charge on any atom is 0.374 e. The Bertz CT molecular complexity index is 532. The molecule has 1 rings (SSSR count). The van der Waals surface area contributed by atoms with Gasteiger partial charge in [0, 0.05) is 6.42 Å². The van der Waals surface area contributed by atoms with Crippen LogP contribution in [0.3, 0.4) is 0 Å². The number of carbonyl (C=O) groups is 3. The molecule has 0 aliphatic carbocycles. The van der Waals surface area contributed by atoms with Crippen molar-refractivity contribution in [3.8, 4) is 5.75 Å². The number of esters is 2. The van der Waals surface area contributed by atoms with Gasteiger partial charge in [0.25, 0.3) is 0 Å². The van der Waals surface area contributed by atoms with Crippen LogP contribution in [0.2, 0.25) is 0 Å². The Morgan fingerprint density at radius 1 is 1.09 bits per heavy atom. The minimum absolute atomic E-state index is 0.0352. The first-order valence-electron chi connectivity index (χ1n) is 6.66. The number of carbonyl (C=O) groups excluding carboxylic acids is 3. The van der Waals surface area contributed by atoms with Gasteiger partial charge in [0.1, 0.15) is 19.0 Å². The van der Waals surface area contributed by atoms with Crippen molar-refractivity contribution in [2.75, 3.05) is 13.7 Å². The lowest BCUT2D eigenvalue weighted by molar-refractivity contribution is -0.154. The molecule has 0 saturated heterocycles. The normalized spacial score (nSPS) is 9.68. The second kappa shape index (κ2) is 9.33. The molecule has 22 heavy (non-hydrogen) atoms. The topological polar surface area (TPSA) is 78.9 Å². The van der Waals surface area contributed by atoms with E-state index in [1.54, 1.807) is 31.4 Å². The Labute approximate surface area is 128 Å². The van der Waals surface area contributed by atoms with Gasteiger partial charge in [-0.05, 0) is 17.7 Å². The smallest absolute Gasteiger partial charge is 0.374 e. The summed E-state index contributed by atoms with van der Waals surface area (Å²) in [4.78, 5) is 34.1. The van der Waals surface area contributed by atoms with E-state index in [9.17, 15) is 14.4 Å². The van der Waals surface area contributed by atoms with E-state index in [0.717, 1.165) is 5.56 Å². The van der Waals surface area contributed by atoms with Crippen LogP contribution < -0.4 is 4.74 Å². The molecule has 118 valence electrons. The maximum absolute atomic E-state index is 11.5. The molecule has 0 aliphatic rings. The molecule has 0 amide bonds. The maximum atomic E-state index is 11.5. The van der Waals surface area contributed by atoms with Crippen LogP contribution in [-0.4, -0.2) is 31.4 Å². The van der Waals surface area contributed by atoms with E-state index in [-0.39, 0.29) is 26.1 Å². The van der Waals surface area contributed by atoms with Crippen molar-refractivity contribution in [1.29, 1.82) is 0 Å². The number of hydrogen-bond acceptors (Lipinski definition) is 6. The van der Waals surface area contributed by atoms with E-state index >= 15 is 0 Å². The standard InChI is InChI=1S/C16H18O6/c1-3-10-21-16(19)14(17)8-9-15(18)22-11-12-4-6-13(20-2)7-5-12/h3-7H,1,8-11H2,2H3. The van der Waals surface area contributed by atoms with Crippen molar-refractivity contribution in [3.05, 3.63) is 42.5 Å². The predicted molar refractivity (Wildman–Crippen MR) is 78.2 cm³/mol. The molecule has 1 aromatic rings. The van der Waals surface area contributed by atoms with Gasteiger partial charge in [0.2, 0.25) is 5.78 Å². The number of hydrogen-bond donors (Lipinski definition) is 0. The zero-order valence-corrected chi connectivity index (χ0v) is 12.4. The lowest BCUT2D eigenvalue weighted by Gasteiger charge is -2.06. The van der Waals surface area contributed by atoms with Gasteiger partial charge in [-0.1, -0.05) is 24.8 Å². The number of benzene rings is 1. The Morgan fingerprint density at radius 2 is 1.77 bits per heavy atom. The van der Waals surface area contributed by atoms with Crippen LogP contribution in [0.4, 0.5) is 0 Å². The van der Waals surface area contributed by atoms with Gasteiger partial charge < -0.3 is 14.2 Å². The summed E-state index contributed by atoms with van der Waals surface area (Å²) < 4.78 is 14.6. The van der Waals surface area contributed by atoms with Crippen LogP contribution >= 0.6 is 0 Å². The van der Waals surface area contributed by atoms with Crippen molar-refractivity contribution in [3.63, 3.8) is 0 Å². The van der Waals surface area contributed by atoms with Gasteiger partial charge in [-0.2, -0.15) is 0 Å². The molecule has 1 aromatic carbocycles. The quantitative estimate of drug-likeness (QED) is 0.393. The third-order valence-corrected chi connectivity index (χ3v) is 2.68. The van der Waals surface area contributed by atoms with Crippen LogP contribution in [0, 0.1) is 0 Å². The van der Waals surface area contributed by atoms with Gasteiger partial charge in [-0.3, -0.25) is 9.59 Å². The minimum atomic E-state index is -0.970. The first-order valence-corrected chi connectivity index (χ1v) is 6.66. The fourth-order valence-corrected chi connectivity index (χ4v) is 1.49. The number of rotatable bonds is 9. The minimum Gasteiger partial charge on any atom is -0.497 e. The summed E-state index contributed by atoms with van der Waals surface area (Å²) in [5.41, 5.74) is 0.797. The summed E-state index contributed by atoms with van der Waals surface area (Å²) in [5.74, 6) is -1.58. The highest BCUT2D eigenvalue weighted by Crippen LogP contribution is 2.12. The molecule has 6 nitrogen and oxygen atoms in total. The second-order valence-corrected chi connectivity index (χ2v) is 4.32. The van der Waals surface area contributed by atoms with Crippen molar-refractivity contribution < 1.29 is 28.6 Å². The Kier molecular flexibility index (Phi) is 7.39. The van der Waals surface area contributed by atoms with E-state index in [0.29, 0.717) is 5.75 Å². The summed E-state index contributed by atoms with van der Waals surface area (Å²) in [6.45, 7) is 3.42. The molecule has 0 aliphatic heterocycles. The zero-order valence-electron chi connectivity index (χ0n) is 12.4. The average molecular weight is 306 g/mol. The molecule has 0 N–H and O–H groups in total. The number of ketones is 1. The molecular formula is C16H18O6. The average Bonchev–Trinajstić information content (AvgIpc) is 2.55. The highest BCUT2D eigenvalue weighted by molar-refractivity contribution is 6.33. The molecule has 0 bridgehead atoms. The van der Waals surface area contributed by atoms with E-state index in [1.807, 2.05) is 0 Å². The summed E-state index contributed by atoms with van der Waals surface area (Å²) in [6, 6.07) is 7.04. The molecule has 0 heterocycles.